The summed E-state index contributed by atoms with van der Waals surface area (Å²) in [6, 6.07) is 8.53. The van der Waals surface area contributed by atoms with E-state index in [9.17, 15) is 0 Å². The van der Waals surface area contributed by atoms with Crippen molar-refractivity contribution in [3.05, 3.63) is 29.8 Å². The fourth-order valence-corrected chi connectivity index (χ4v) is 1.90. The average molecular weight is 237 g/mol. The van der Waals surface area contributed by atoms with Crippen LogP contribution >= 0.6 is 0 Å². The Balaban J connectivity index is 2.64. The molecule has 0 aromatic heterocycles. The van der Waals surface area contributed by atoms with Crippen LogP contribution in [0.3, 0.4) is 0 Å². The SMILES string of the molecule is COCCCN(C)[C@H](C)c1ccccc1OC. The summed E-state index contributed by atoms with van der Waals surface area (Å²) in [5, 5.41) is 0. The summed E-state index contributed by atoms with van der Waals surface area (Å²) >= 11 is 0. The summed E-state index contributed by atoms with van der Waals surface area (Å²) in [5.41, 5.74) is 1.23. The Morgan fingerprint density at radius 1 is 1.24 bits per heavy atom. The molecule has 3 nitrogen and oxygen atoms in total. The van der Waals surface area contributed by atoms with Crippen LogP contribution in [0, 0.1) is 0 Å². The van der Waals surface area contributed by atoms with Gasteiger partial charge in [0.25, 0.3) is 0 Å². The van der Waals surface area contributed by atoms with Crippen molar-refractivity contribution >= 4 is 0 Å². The highest BCUT2D eigenvalue weighted by Gasteiger charge is 2.14. The van der Waals surface area contributed by atoms with Gasteiger partial charge in [0.1, 0.15) is 5.75 Å². The van der Waals surface area contributed by atoms with E-state index < -0.39 is 0 Å². The molecule has 0 spiro atoms. The van der Waals surface area contributed by atoms with Crippen LogP contribution in [0.15, 0.2) is 24.3 Å². The highest BCUT2D eigenvalue weighted by Crippen LogP contribution is 2.27. The second-order valence-electron chi connectivity index (χ2n) is 4.24. The molecule has 0 bridgehead atoms. The molecule has 0 saturated heterocycles. The van der Waals surface area contributed by atoms with Crippen LogP contribution in [-0.2, 0) is 4.74 Å². The lowest BCUT2D eigenvalue weighted by molar-refractivity contribution is 0.168. The molecule has 0 aliphatic carbocycles. The molecule has 1 aromatic carbocycles. The van der Waals surface area contributed by atoms with Crippen LogP contribution in [-0.4, -0.2) is 39.3 Å². The third kappa shape index (κ3) is 4.02. The predicted molar refractivity (Wildman–Crippen MR) is 70.5 cm³/mol. The molecule has 0 fully saturated rings. The predicted octanol–water partition coefficient (Wildman–Crippen LogP) is 2.72. The van der Waals surface area contributed by atoms with Crippen molar-refractivity contribution in [1.29, 1.82) is 0 Å². The van der Waals surface area contributed by atoms with Gasteiger partial charge in [0.2, 0.25) is 0 Å². The first kappa shape index (κ1) is 14.0. The molecule has 0 aliphatic heterocycles. The molecule has 0 radical (unpaired) electrons. The van der Waals surface area contributed by atoms with E-state index >= 15 is 0 Å². The van der Waals surface area contributed by atoms with Gasteiger partial charge < -0.3 is 9.47 Å². The lowest BCUT2D eigenvalue weighted by Gasteiger charge is -2.26. The summed E-state index contributed by atoms with van der Waals surface area (Å²) in [6.07, 6.45) is 1.05. The number of benzene rings is 1. The van der Waals surface area contributed by atoms with Gasteiger partial charge >= 0.3 is 0 Å². The third-order valence-electron chi connectivity index (χ3n) is 3.11. The first-order valence-corrected chi connectivity index (χ1v) is 6.02. The number of hydrogen-bond donors (Lipinski definition) is 0. The third-order valence-corrected chi connectivity index (χ3v) is 3.11. The number of rotatable bonds is 7. The van der Waals surface area contributed by atoms with E-state index in [0.29, 0.717) is 6.04 Å². The van der Waals surface area contributed by atoms with Crippen molar-refractivity contribution in [2.75, 3.05) is 34.4 Å². The van der Waals surface area contributed by atoms with Gasteiger partial charge in [-0.2, -0.15) is 0 Å². The van der Waals surface area contributed by atoms with Gasteiger partial charge in [0.05, 0.1) is 7.11 Å². The fraction of sp³-hybridized carbons (Fsp3) is 0.571. The Morgan fingerprint density at radius 2 is 1.94 bits per heavy atom. The average Bonchev–Trinajstić information content (AvgIpc) is 2.38. The maximum Gasteiger partial charge on any atom is 0.123 e. The van der Waals surface area contributed by atoms with Gasteiger partial charge in [-0.05, 0) is 26.5 Å². The van der Waals surface area contributed by atoms with Gasteiger partial charge in [-0.15, -0.1) is 0 Å². The Kier molecular flexibility index (Phi) is 6.01. The second kappa shape index (κ2) is 7.30. The van der Waals surface area contributed by atoms with E-state index in [1.165, 1.54) is 5.56 Å². The second-order valence-corrected chi connectivity index (χ2v) is 4.24. The first-order chi connectivity index (χ1) is 8.20. The lowest BCUT2D eigenvalue weighted by atomic mass is 10.1. The summed E-state index contributed by atoms with van der Waals surface area (Å²) in [5.74, 6) is 0.957. The summed E-state index contributed by atoms with van der Waals surface area (Å²) < 4.78 is 10.5. The van der Waals surface area contributed by atoms with Gasteiger partial charge in [-0.3, -0.25) is 4.90 Å². The molecule has 1 aromatic rings. The molecule has 0 aliphatic rings. The zero-order chi connectivity index (χ0) is 12.7. The number of nitrogens with zero attached hydrogens (tertiary/aromatic N) is 1. The van der Waals surface area contributed by atoms with Crippen LogP contribution < -0.4 is 4.74 Å². The van der Waals surface area contributed by atoms with Crippen molar-refractivity contribution in [2.24, 2.45) is 0 Å². The minimum atomic E-state index is 0.350. The molecular formula is C14H23NO2. The summed E-state index contributed by atoms with van der Waals surface area (Å²) in [7, 11) is 5.59. The Labute approximate surface area is 104 Å². The number of methoxy groups -OCH3 is 2. The van der Waals surface area contributed by atoms with Gasteiger partial charge in [-0.1, -0.05) is 18.2 Å². The van der Waals surface area contributed by atoms with E-state index in [2.05, 4.69) is 31.0 Å². The molecule has 0 heterocycles. The Hall–Kier alpha value is -1.06. The maximum atomic E-state index is 5.39. The Morgan fingerprint density at radius 3 is 2.59 bits per heavy atom. The van der Waals surface area contributed by atoms with Gasteiger partial charge in [-0.25, -0.2) is 0 Å². The highest BCUT2D eigenvalue weighted by molar-refractivity contribution is 5.35. The Bertz CT molecular complexity index is 328. The monoisotopic (exact) mass is 237 g/mol. The van der Waals surface area contributed by atoms with Crippen LogP contribution in [0.1, 0.15) is 24.9 Å². The van der Waals surface area contributed by atoms with Crippen molar-refractivity contribution in [2.45, 2.75) is 19.4 Å². The van der Waals surface area contributed by atoms with Crippen LogP contribution in [0.5, 0.6) is 5.75 Å². The number of ether oxygens (including phenoxy) is 2. The topological polar surface area (TPSA) is 21.7 Å². The molecule has 96 valence electrons. The molecule has 0 N–H and O–H groups in total. The van der Waals surface area contributed by atoms with Crippen molar-refractivity contribution in [3.8, 4) is 5.75 Å². The van der Waals surface area contributed by atoms with Crippen molar-refractivity contribution in [3.63, 3.8) is 0 Å². The van der Waals surface area contributed by atoms with Crippen LogP contribution in [0.2, 0.25) is 0 Å². The quantitative estimate of drug-likeness (QED) is 0.681. The van der Waals surface area contributed by atoms with Gasteiger partial charge in [0.15, 0.2) is 0 Å². The van der Waals surface area contributed by atoms with Crippen LogP contribution in [0.25, 0.3) is 0 Å². The first-order valence-electron chi connectivity index (χ1n) is 6.02. The van der Waals surface area contributed by atoms with E-state index in [1.54, 1.807) is 14.2 Å². The zero-order valence-electron chi connectivity index (χ0n) is 11.3. The molecule has 17 heavy (non-hydrogen) atoms. The molecular weight excluding hydrogens is 214 g/mol. The molecule has 1 atom stereocenters. The van der Waals surface area contributed by atoms with E-state index in [1.807, 2.05) is 12.1 Å². The van der Waals surface area contributed by atoms with Crippen molar-refractivity contribution in [1.82, 2.24) is 4.90 Å². The molecule has 3 heteroatoms. The summed E-state index contributed by atoms with van der Waals surface area (Å²) in [4.78, 5) is 2.32. The van der Waals surface area contributed by atoms with Crippen LogP contribution in [0.4, 0.5) is 0 Å². The zero-order valence-corrected chi connectivity index (χ0v) is 11.3. The van der Waals surface area contributed by atoms with E-state index in [0.717, 1.165) is 25.3 Å². The minimum absolute atomic E-state index is 0.350. The summed E-state index contributed by atoms with van der Waals surface area (Å²) in [6.45, 7) is 4.03. The molecule has 0 unspecified atom stereocenters. The largest absolute Gasteiger partial charge is 0.496 e. The van der Waals surface area contributed by atoms with Crippen molar-refractivity contribution < 1.29 is 9.47 Å². The lowest BCUT2D eigenvalue weighted by Crippen LogP contribution is -2.24. The maximum absolute atomic E-state index is 5.39. The highest BCUT2D eigenvalue weighted by atomic mass is 16.5. The normalized spacial score (nSPS) is 12.8. The molecule has 0 amide bonds. The number of para-hydroxylation sites is 1. The standard InChI is InChI=1S/C14H23NO2/c1-12(15(2)10-7-11-16-3)13-8-5-6-9-14(13)17-4/h5-6,8-9,12H,7,10-11H2,1-4H3/t12-/m1/s1. The minimum Gasteiger partial charge on any atom is -0.496 e. The molecule has 0 saturated carbocycles. The van der Waals surface area contributed by atoms with E-state index in [4.69, 9.17) is 9.47 Å². The van der Waals surface area contributed by atoms with Gasteiger partial charge in [0, 0.05) is 31.9 Å². The smallest absolute Gasteiger partial charge is 0.123 e. The molecule has 1 rings (SSSR count). The van der Waals surface area contributed by atoms with E-state index in [-0.39, 0.29) is 0 Å². The fourth-order valence-electron chi connectivity index (χ4n) is 1.90. The number of hydrogen-bond acceptors (Lipinski definition) is 3.